The average Bonchev–Trinajstić information content (AvgIpc) is 2.37. The molecule has 122 valence electrons. The van der Waals surface area contributed by atoms with Crippen LogP contribution in [0, 0.1) is 0 Å². The summed E-state index contributed by atoms with van der Waals surface area (Å²) in [5.74, 6) is 0. The SMILES string of the molecule is C=CCON[C@@H]1CN[C@@H](CO[Si](C)(C)C(C)(C)C)C=C1I. The van der Waals surface area contributed by atoms with Crippen LogP contribution in [0.4, 0.5) is 0 Å². The molecular formula is C15H29IN2O2Si. The van der Waals surface area contributed by atoms with Gasteiger partial charge in [0.1, 0.15) is 0 Å². The molecule has 0 aliphatic carbocycles. The second-order valence-corrected chi connectivity index (χ2v) is 13.0. The normalized spacial score (nSPS) is 23.8. The molecule has 0 spiro atoms. The Balaban J connectivity index is 2.48. The highest BCUT2D eigenvalue weighted by Gasteiger charge is 2.37. The van der Waals surface area contributed by atoms with E-state index in [1.807, 2.05) is 0 Å². The molecule has 2 N–H and O–H groups in total. The van der Waals surface area contributed by atoms with Gasteiger partial charge in [0.2, 0.25) is 0 Å². The average molecular weight is 424 g/mol. The number of hydrogen-bond acceptors (Lipinski definition) is 4. The number of hydrogen-bond donors (Lipinski definition) is 2. The van der Waals surface area contributed by atoms with Gasteiger partial charge in [-0.2, -0.15) is 5.48 Å². The number of nitrogens with one attached hydrogen (secondary N) is 2. The Labute approximate surface area is 144 Å². The summed E-state index contributed by atoms with van der Waals surface area (Å²) in [5, 5.41) is 3.75. The van der Waals surface area contributed by atoms with Crippen LogP contribution >= 0.6 is 22.6 Å². The van der Waals surface area contributed by atoms with Crippen molar-refractivity contribution in [3.05, 3.63) is 22.3 Å². The predicted octanol–water partition coefficient (Wildman–Crippen LogP) is 3.37. The Bertz CT molecular complexity index is 380. The van der Waals surface area contributed by atoms with Gasteiger partial charge in [-0.3, -0.25) is 4.84 Å². The van der Waals surface area contributed by atoms with E-state index in [1.54, 1.807) is 6.08 Å². The van der Waals surface area contributed by atoms with E-state index in [1.165, 1.54) is 3.58 Å². The lowest BCUT2D eigenvalue weighted by molar-refractivity contribution is 0.0437. The van der Waals surface area contributed by atoms with Gasteiger partial charge in [-0.05, 0) is 40.7 Å². The fraction of sp³-hybridized carbons (Fsp3) is 0.733. The van der Waals surface area contributed by atoms with Crippen molar-refractivity contribution in [2.75, 3.05) is 19.8 Å². The highest BCUT2D eigenvalue weighted by Crippen LogP contribution is 2.36. The van der Waals surface area contributed by atoms with Crippen molar-refractivity contribution in [3.63, 3.8) is 0 Å². The number of hydroxylamine groups is 1. The minimum Gasteiger partial charge on any atom is -0.415 e. The highest BCUT2D eigenvalue weighted by atomic mass is 127. The summed E-state index contributed by atoms with van der Waals surface area (Å²) >= 11 is 2.37. The van der Waals surface area contributed by atoms with Gasteiger partial charge < -0.3 is 9.74 Å². The molecule has 0 aromatic rings. The molecule has 1 aliphatic rings. The second kappa shape index (κ2) is 8.21. The molecule has 0 radical (unpaired) electrons. The number of halogens is 1. The van der Waals surface area contributed by atoms with Gasteiger partial charge in [-0.25, -0.2) is 0 Å². The third kappa shape index (κ3) is 6.11. The largest absolute Gasteiger partial charge is 0.415 e. The van der Waals surface area contributed by atoms with Crippen molar-refractivity contribution < 1.29 is 9.26 Å². The number of rotatable bonds is 7. The minimum atomic E-state index is -1.68. The zero-order valence-electron chi connectivity index (χ0n) is 13.8. The summed E-state index contributed by atoms with van der Waals surface area (Å²) in [6.07, 6.45) is 3.96. The van der Waals surface area contributed by atoms with Crippen molar-refractivity contribution in [2.45, 2.75) is 51.0 Å². The summed E-state index contributed by atoms with van der Waals surface area (Å²) in [4.78, 5) is 5.31. The molecule has 4 nitrogen and oxygen atoms in total. The first-order valence-corrected chi connectivity index (χ1v) is 11.4. The maximum absolute atomic E-state index is 6.28. The third-order valence-electron chi connectivity index (χ3n) is 4.13. The fourth-order valence-corrected chi connectivity index (χ4v) is 3.47. The van der Waals surface area contributed by atoms with E-state index >= 15 is 0 Å². The molecule has 2 atom stereocenters. The van der Waals surface area contributed by atoms with E-state index in [9.17, 15) is 0 Å². The Kier molecular flexibility index (Phi) is 7.55. The minimum absolute atomic E-state index is 0.203. The van der Waals surface area contributed by atoms with Crippen molar-refractivity contribution in [2.24, 2.45) is 0 Å². The highest BCUT2D eigenvalue weighted by molar-refractivity contribution is 14.1. The van der Waals surface area contributed by atoms with Crippen LogP contribution in [-0.2, 0) is 9.26 Å². The van der Waals surface area contributed by atoms with Crippen molar-refractivity contribution in [1.82, 2.24) is 10.8 Å². The molecule has 0 aromatic carbocycles. The van der Waals surface area contributed by atoms with Crippen LogP contribution < -0.4 is 10.8 Å². The molecule has 0 saturated heterocycles. The van der Waals surface area contributed by atoms with Crippen molar-refractivity contribution in [1.29, 1.82) is 0 Å². The van der Waals surface area contributed by atoms with Crippen molar-refractivity contribution in [3.8, 4) is 0 Å². The molecule has 1 aliphatic heterocycles. The van der Waals surface area contributed by atoms with Crippen LogP contribution in [0.15, 0.2) is 22.3 Å². The van der Waals surface area contributed by atoms with Gasteiger partial charge >= 0.3 is 0 Å². The first kappa shape index (κ1) is 19.3. The smallest absolute Gasteiger partial charge is 0.192 e. The molecule has 0 bridgehead atoms. The predicted molar refractivity (Wildman–Crippen MR) is 100 cm³/mol. The molecule has 1 heterocycles. The van der Waals surface area contributed by atoms with E-state index in [4.69, 9.17) is 9.26 Å². The first-order valence-electron chi connectivity index (χ1n) is 7.40. The van der Waals surface area contributed by atoms with E-state index in [2.05, 4.69) is 79.9 Å². The molecule has 21 heavy (non-hydrogen) atoms. The maximum Gasteiger partial charge on any atom is 0.192 e. The van der Waals surface area contributed by atoms with E-state index in [-0.39, 0.29) is 17.1 Å². The Morgan fingerprint density at radius 3 is 2.71 bits per heavy atom. The molecule has 1 rings (SSSR count). The zero-order chi connectivity index (χ0) is 16.1. The first-order chi connectivity index (χ1) is 9.67. The molecular weight excluding hydrogens is 395 g/mol. The van der Waals surface area contributed by atoms with Gasteiger partial charge in [0.15, 0.2) is 8.32 Å². The van der Waals surface area contributed by atoms with Crippen molar-refractivity contribution >= 4 is 30.9 Å². The quantitative estimate of drug-likeness (QED) is 0.216. The van der Waals surface area contributed by atoms with Gasteiger partial charge in [0, 0.05) is 16.2 Å². The Morgan fingerprint density at radius 1 is 1.52 bits per heavy atom. The zero-order valence-corrected chi connectivity index (χ0v) is 17.0. The van der Waals surface area contributed by atoms with Crippen LogP contribution in [0.3, 0.4) is 0 Å². The van der Waals surface area contributed by atoms with Crippen LogP contribution in [0.1, 0.15) is 20.8 Å². The molecule has 0 unspecified atom stereocenters. The van der Waals surface area contributed by atoms with E-state index < -0.39 is 8.32 Å². The summed E-state index contributed by atoms with van der Waals surface area (Å²) < 4.78 is 7.54. The van der Waals surface area contributed by atoms with Crippen LogP contribution in [0.5, 0.6) is 0 Å². The van der Waals surface area contributed by atoms with Gasteiger partial charge in [0.25, 0.3) is 0 Å². The Morgan fingerprint density at radius 2 is 2.19 bits per heavy atom. The van der Waals surface area contributed by atoms with Crippen LogP contribution in [0.2, 0.25) is 18.1 Å². The summed E-state index contributed by atoms with van der Waals surface area (Å²) in [7, 11) is -1.68. The maximum atomic E-state index is 6.28. The van der Waals surface area contributed by atoms with Gasteiger partial charge in [0.05, 0.1) is 19.3 Å². The topological polar surface area (TPSA) is 42.5 Å². The molecule has 0 saturated carbocycles. The summed E-state index contributed by atoms with van der Waals surface area (Å²) in [6.45, 7) is 17.1. The van der Waals surface area contributed by atoms with Crippen LogP contribution in [-0.4, -0.2) is 40.2 Å². The monoisotopic (exact) mass is 424 g/mol. The Hall–Kier alpha value is 0.267. The lowest BCUT2D eigenvalue weighted by atomic mass is 10.1. The van der Waals surface area contributed by atoms with Gasteiger partial charge in [-0.1, -0.05) is 32.9 Å². The standard InChI is InChI=1S/C15H29IN2O2Si/c1-7-8-19-18-14-10-17-12(9-13(14)16)11-20-21(5,6)15(2,3)4/h7,9,12,14,17-18H,1,8,10-11H2,2-6H3/t12-,14-/m1/s1. The molecule has 6 heteroatoms. The van der Waals surface area contributed by atoms with E-state index in [0.717, 1.165) is 13.2 Å². The lowest BCUT2D eigenvalue weighted by Gasteiger charge is -2.38. The second-order valence-electron chi connectivity index (χ2n) is 6.91. The summed E-state index contributed by atoms with van der Waals surface area (Å²) in [5.41, 5.74) is 3.05. The fourth-order valence-electron chi connectivity index (χ4n) is 1.66. The molecule has 0 aromatic heterocycles. The molecule has 0 amide bonds. The summed E-state index contributed by atoms with van der Waals surface area (Å²) in [6, 6.07) is 0.484. The van der Waals surface area contributed by atoms with E-state index in [0.29, 0.717) is 6.61 Å². The lowest BCUT2D eigenvalue weighted by Crippen LogP contribution is -2.50. The molecule has 0 fully saturated rings. The van der Waals surface area contributed by atoms with Gasteiger partial charge in [-0.15, -0.1) is 6.58 Å². The third-order valence-corrected chi connectivity index (χ3v) is 9.75. The van der Waals surface area contributed by atoms with Crippen LogP contribution in [0.25, 0.3) is 0 Å².